The van der Waals surface area contributed by atoms with Gasteiger partial charge in [0, 0.05) is 24.9 Å². The predicted molar refractivity (Wildman–Crippen MR) is 114 cm³/mol. The summed E-state index contributed by atoms with van der Waals surface area (Å²) in [6.45, 7) is 0.151. The van der Waals surface area contributed by atoms with E-state index in [-0.39, 0.29) is 54.5 Å². The number of benzene rings is 2. The zero-order valence-corrected chi connectivity index (χ0v) is 17.1. The molecule has 0 bridgehead atoms. The summed E-state index contributed by atoms with van der Waals surface area (Å²) in [5.41, 5.74) is 2.82. The van der Waals surface area contributed by atoms with Crippen LogP contribution in [0.3, 0.4) is 0 Å². The maximum Gasteiger partial charge on any atom is 0.274 e. The molecule has 2 aliphatic rings. The number of carbonyl (C=O) groups is 2. The van der Waals surface area contributed by atoms with Gasteiger partial charge in [0.25, 0.3) is 5.91 Å². The second-order valence-electron chi connectivity index (χ2n) is 8.05. The molecule has 0 unspecified atom stereocenters. The van der Waals surface area contributed by atoms with Crippen LogP contribution < -0.4 is 0 Å². The van der Waals surface area contributed by atoms with Crippen LogP contribution in [-0.2, 0) is 4.79 Å². The number of fused-ring (bicyclic) bond motifs is 1. The highest BCUT2D eigenvalue weighted by atomic mass is 19.1. The molecular weight excluding hydrogens is 411 g/mol. The fraction of sp³-hybridized carbons (Fsp3) is 0.250. The van der Waals surface area contributed by atoms with Gasteiger partial charge in [0.15, 0.2) is 0 Å². The molecule has 3 heterocycles. The normalized spacial score (nSPS) is 22.3. The van der Waals surface area contributed by atoms with Crippen LogP contribution in [0.5, 0.6) is 0 Å². The molecule has 8 heteroatoms. The zero-order valence-electron chi connectivity index (χ0n) is 17.1. The molecule has 0 saturated carbocycles. The number of amides is 2. The van der Waals surface area contributed by atoms with E-state index in [2.05, 4.69) is 9.97 Å². The number of carbonyl (C=O) groups excluding carboxylic acids is 2. The third-order valence-corrected chi connectivity index (χ3v) is 6.28. The number of halogens is 1. The van der Waals surface area contributed by atoms with Gasteiger partial charge in [0.1, 0.15) is 18.1 Å². The van der Waals surface area contributed by atoms with Crippen molar-refractivity contribution in [1.82, 2.24) is 19.8 Å². The second-order valence-corrected chi connectivity index (χ2v) is 8.05. The highest BCUT2D eigenvalue weighted by Gasteiger charge is 2.54. The highest BCUT2D eigenvalue weighted by Crippen LogP contribution is 2.43. The Balaban J connectivity index is 1.39. The summed E-state index contributed by atoms with van der Waals surface area (Å²) in [5, 5.41) is 9.96. The van der Waals surface area contributed by atoms with Crippen LogP contribution in [0.2, 0.25) is 0 Å². The van der Waals surface area contributed by atoms with Crippen LogP contribution in [0.15, 0.2) is 67.1 Å². The first-order valence-corrected chi connectivity index (χ1v) is 10.4. The summed E-state index contributed by atoms with van der Waals surface area (Å²) in [7, 11) is 0. The molecule has 162 valence electrons. The van der Waals surface area contributed by atoms with Crippen LogP contribution in [0.25, 0.3) is 11.1 Å². The van der Waals surface area contributed by atoms with Gasteiger partial charge in [-0.3, -0.25) is 14.6 Å². The summed E-state index contributed by atoms with van der Waals surface area (Å²) in [6.07, 6.45) is 4.32. The predicted octanol–water partition coefficient (Wildman–Crippen LogP) is 2.09. The molecule has 5 rings (SSSR count). The molecule has 3 aromatic rings. The molecule has 2 amide bonds. The molecule has 2 aromatic carbocycles. The van der Waals surface area contributed by atoms with Crippen molar-refractivity contribution in [2.24, 2.45) is 0 Å². The van der Waals surface area contributed by atoms with Crippen molar-refractivity contribution in [3.63, 3.8) is 0 Å². The van der Waals surface area contributed by atoms with E-state index in [0.717, 1.165) is 16.7 Å². The van der Waals surface area contributed by atoms with Crippen LogP contribution >= 0.6 is 0 Å². The lowest BCUT2D eigenvalue weighted by molar-refractivity contribution is -0.159. The quantitative estimate of drug-likeness (QED) is 0.682. The van der Waals surface area contributed by atoms with E-state index in [1.807, 2.05) is 30.3 Å². The molecule has 2 saturated heterocycles. The molecule has 1 N–H and O–H groups in total. The summed E-state index contributed by atoms with van der Waals surface area (Å²) in [5.74, 6) is -0.929. The van der Waals surface area contributed by atoms with Crippen molar-refractivity contribution in [2.45, 2.75) is 18.0 Å². The summed E-state index contributed by atoms with van der Waals surface area (Å²) >= 11 is 0. The van der Waals surface area contributed by atoms with E-state index in [4.69, 9.17) is 0 Å². The Morgan fingerprint density at radius 3 is 2.62 bits per heavy atom. The Morgan fingerprint density at radius 1 is 1.12 bits per heavy atom. The first-order valence-electron chi connectivity index (χ1n) is 10.4. The molecule has 7 nitrogen and oxygen atoms in total. The van der Waals surface area contributed by atoms with E-state index in [9.17, 15) is 19.1 Å². The standard InChI is InChI=1S/C24H21FN4O3/c25-18-3-1-2-17(10-18)15-4-6-16(7-5-15)23-20-12-28(13-22(31)29(20)21(23)14-30)24(32)19-11-26-8-9-27-19/h1-11,20-21,23,30H,12-14H2/t20-,21+,23+/m0/s1. The Labute approximate surface area is 184 Å². The topological polar surface area (TPSA) is 86.6 Å². The maximum atomic E-state index is 13.6. The molecule has 1 aromatic heterocycles. The smallest absolute Gasteiger partial charge is 0.274 e. The Kier molecular flexibility index (Phi) is 5.14. The van der Waals surface area contributed by atoms with E-state index in [0.29, 0.717) is 6.54 Å². The van der Waals surface area contributed by atoms with Crippen molar-refractivity contribution in [2.75, 3.05) is 19.7 Å². The van der Waals surface area contributed by atoms with Crippen molar-refractivity contribution >= 4 is 11.8 Å². The first kappa shape index (κ1) is 20.3. The zero-order chi connectivity index (χ0) is 22.2. The van der Waals surface area contributed by atoms with Crippen molar-refractivity contribution in [3.8, 4) is 11.1 Å². The van der Waals surface area contributed by atoms with Crippen molar-refractivity contribution < 1.29 is 19.1 Å². The number of hydrogen-bond acceptors (Lipinski definition) is 5. The lowest BCUT2D eigenvalue weighted by atomic mass is 9.73. The van der Waals surface area contributed by atoms with Gasteiger partial charge in [-0.05, 0) is 28.8 Å². The van der Waals surface area contributed by atoms with Gasteiger partial charge >= 0.3 is 0 Å². The Morgan fingerprint density at radius 2 is 1.94 bits per heavy atom. The minimum atomic E-state index is -0.334. The van der Waals surface area contributed by atoms with E-state index < -0.39 is 0 Å². The maximum absolute atomic E-state index is 13.6. The van der Waals surface area contributed by atoms with Gasteiger partial charge in [-0.25, -0.2) is 9.37 Å². The van der Waals surface area contributed by atoms with Crippen LogP contribution in [0.1, 0.15) is 22.0 Å². The number of piperazine rings is 1. The number of aliphatic hydroxyl groups excluding tert-OH is 1. The minimum Gasteiger partial charge on any atom is -0.394 e. The number of rotatable bonds is 4. The molecule has 2 aliphatic heterocycles. The van der Waals surface area contributed by atoms with Crippen molar-refractivity contribution in [1.29, 1.82) is 0 Å². The molecular formula is C24H21FN4O3. The first-order chi connectivity index (χ1) is 15.6. The van der Waals surface area contributed by atoms with Crippen LogP contribution in [0, 0.1) is 5.82 Å². The average molecular weight is 432 g/mol. The Bertz CT molecular complexity index is 1160. The molecule has 3 atom stereocenters. The van der Waals surface area contributed by atoms with Gasteiger partial charge in [0.2, 0.25) is 5.91 Å². The molecule has 32 heavy (non-hydrogen) atoms. The van der Waals surface area contributed by atoms with E-state index in [1.165, 1.54) is 35.6 Å². The number of nitrogens with zero attached hydrogens (tertiary/aromatic N) is 4. The fourth-order valence-corrected chi connectivity index (χ4v) is 4.79. The molecule has 0 spiro atoms. The molecule has 2 fully saturated rings. The second kappa shape index (κ2) is 8.12. The third kappa shape index (κ3) is 3.42. The largest absolute Gasteiger partial charge is 0.394 e. The monoisotopic (exact) mass is 432 g/mol. The van der Waals surface area contributed by atoms with Crippen LogP contribution in [-0.4, -0.2) is 68.5 Å². The van der Waals surface area contributed by atoms with E-state index in [1.54, 1.807) is 11.0 Å². The van der Waals surface area contributed by atoms with Gasteiger partial charge in [-0.2, -0.15) is 0 Å². The van der Waals surface area contributed by atoms with Crippen molar-refractivity contribution in [3.05, 3.63) is 84.2 Å². The fourth-order valence-electron chi connectivity index (χ4n) is 4.79. The number of hydrogen-bond donors (Lipinski definition) is 1. The van der Waals surface area contributed by atoms with Crippen LogP contribution in [0.4, 0.5) is 4.39 Å². The Hall–Kier alpha value is -3.65. The van der Waals surface area contributed by atoms with Gasteiger partial charge < -0.3 is 14.9 Å². The number of aromatic nitrogens is 2. The lowest BCUT2D eigenvalue weighted by Gasteiger charge is -2.58. The molecule has 0 radical (unpaired) electrons. The molecule has 0 aliphatic carbocycles. The SMILES string of the molecule is O=C(c1cnccn1)N1CC(=O)N2[C@H](CO)[C@H](c3ccc(-c4cccc(F)c4)cc3)[C@@H]2C1. The third-order valence-electron chi connectivity index (χ3n) is 6.28. The van der Waals surface area contributed by atoms with Gasteiger partial charge in [0.05, 0.1) is 24.9 Å². The summed E-state index contributed by atoms with van der Waals surface area (Å²) in [4.78, 5) is 36.7. The lowest BCUT2D eigenvalue weighted by Crippen LogP contribution is -2.73. The van der Waals surface area contributed by atoms with E-state index >= 15 is 0 Å². The van der Waals surface area contributed by atoms with Gasteiger partial charge in [-0.1, -0.05) is 36.4 Å². The summed E-state index contributed by atoms with van der Waals surface area (Å²) in [6, 6.07) is 13.5. The number of aliphatic hydroxyl groups is 1. The average Bonchev–Trinajstić information content (AvgIpc) is 2.81. The highest BCUT2D eigenvalue weighted by molar-refractivity contribution is 5.96. The van der Waals surface area contributed by atoms with Gasteiger partial charge in [-0.15, -0.1) is 0 Å². The minimum absolute atomic E-state index is 0.0480. The summed E-state index contributed by atoms with van der Waals surface area (Å²) < 4.78 is 13.6.